The first-order chi connectivity index (χ1) is 6.34. The number of rotatable bonds is 4. The van der Waals surface area contributed by atoms with Crippen molar-refractivity contribution in [2.45, 2.75) is 26.3 Å². The van der Waals surface area contributed by atoms with E-state index in [4.69, 9.17) is 4.42 Å². The van der Waals surface area contributed by atoms with Gasteiger partial charge in [0.25, 0.3) is 0 Å². The van der Waals surface area contributed by atoms with Crippen LogP contribution in [0, 0.1) is 11.8 Å². The fraction of sp³-hybridized carbons (Fsp3) is 0.455. The molecule has 70 valence electrons. The van der Waals surface area contributed by atoms with E-state index in [0.29, 0.717) is 0 Å². The second kappa shape index (κ2) is 5.45. The molecule has 13 heavy (non-hydrogen) atoms. The lowest BCUT2D eigenvalue weighted by Gasteiger charge is -2.08. The van der Waals surface area contributed by atoms with E-state index in [1.807, 2.05) is 19.1 Å². The van der Waals surface area contributed by atoms with Gasteiger partial charge in [-0.25, -0.2) is 0 Å². The standard InChI is InChI=1S/C11H15NO/c1-3-4-5-8-12-10(2)11-7-6-9-13-11/h6-7,9-10,12H,5,8H2,1-2H3/t10-/m0/s1. The van der Waals surface area contributed by atoms with Crippen molar-refractivity contribution in [2.75, 3.05) is 6.54 Å². The highest BCUT2D eigenvalue weighted by Crippen LogP contribution is 2.11. The van der Waals surface area contributed by atoms with Crippen LogP contribution in [0.4, 0.5) is 0 Å². The normalized spacial score (nSPS) is 11.8. The van der Waals surface area contributed by atoms with Gasteiger partial charge in [-0.15, -0.1) is 11.8 Å². The third kappa shape index (κ3) is 3.35. The lowest BCUT2D eigenvalue weighted by molar-refractivity contribution is 0.434. The number of hydrogen-bond donors (Lipinski definition) is 1. The first-order valence-corrected chi connectivity index (χ1v) is 4.51. The van der Waals surface area contributed by atoms with Gasteiger partial charge in [-0.2, -0.15) is 0 Å². The largest absolute Gasteiger partial charge is 0.468 e. The van der Waals surface area contributed by atoms with Crippen molar-refractivity contribution in [3.63, 3.8) is 0 Å². The van der Waals surface area contributed by atoms with Gasteiger partial charge in [-0.05, 0) is 26.0 Å². The molecule has 1 aromatic heterocycles. The summed E-state index contributed by atoms with van der Waals surface area (Å²) >= 11 is 0. The Balaban J connectivity index is 2.25. The van der Waals surface area contributed by atoms with Crippen LogP contribution in [0.1, 0.15) is 32.1 Å². The zero-order valence-electron chi connectivity index (χ0n) is 8.13. The molecule has 0 fully saturated rings. The van der Waals surface area contributed by atoms with E-state index in [1.165, 1.54) is 0 Å². The van der Waals surface area contributed by atoms with Gasteiger partial charge in [0, 0.05) is 13.0 Å². The van der Waals surface area contributed by atoms with Crippen LogP contribution >= 0.6 is 0 Å². The molecule has 0 bridgehead atoms. The van der Waals surface area contributed by atoms with Crippen LogP contribution in [-0.4, -0.2) is 6.54 Å². The van der Waals surface area contributed by atoms with Crippen molar-refractivity contribution in [1.29, 1.82) is 0 Å². The van der Waals surface area contributed by atoms with Gasteiger partial charge < -0.3 is 9.73 Å². The Labute approximate surface area is 79.3 Å². The monoisotopic (exact) mass is 177 g/mol. The molecule has 2 heteroatoms. The summed E-state index contributed by atoms with van der Waals surface area (Å²) in [4.78, 5) is 0. The molecule has 0 amide bonds. The van der Waals surface area contributed by atoms with Crippen LogP contribution in [0.2, 0.25) is 0 Å². The first kappa shape index (κ1) is 9.88. The van der Waals surface area contributed by atoms with Gasteiger partial charge in [0.05, 0.1) is 12.3 Å². The molecule has 0 spiro atoms. The molecule has 2 nitrogen and oxygen atoms in total. The smallest absolute Gasteiger partial charge is 0.120 e. The summed E-state index contributed by atoms with van der Waals surface area (Å²) in [5, 5.41) is 3.32. The van der Waals surface area contributed by atoms with E-state index in [-0.39, 0.29) is 6.04 Å². The summed E-state index contributed by atoms with van der Waals surface area (Å²) in [5.41, 5.74) is 0. The van der Waals surface area contributed by atoms with E-state index in [9.17, 15) is 0 Å². The molecule has 0 aliphatic carbocycles. The Morgan fingerprint density at radius 2 is 2.46 bits per heavy atom. The maximum absolute atomic E-state index is 5.25. The second-order valence-corrected chi connectivity index (χ2v) is 2.87. The van der Waals surface area contributed by atoms with Crippen molar-refractivity contribution in [2.24, 2.45) is 0 Å². The minimum atomic E-state index is 0.272. The molecule has 1 atom stereocenters. The number of hydrogen-bond acceptors (Lipinski definition) is 2. The van der Waals surface area contributed by atoms with E-state index < -0.39 is 0 Å². The highest BCUT2D eigenvalue weighted by Gasteiger charge is 2.05. The summed E-state index contributed by atoms with van der Waals surface area (Å²) < 4.78 is 5.25. The van der Waals surface area contributed by atoms with E-state index >= 15 is 0 Å². The zero-order chi connectivity index (χ0) is 9.52. The van der Waals surface area contributed by atoms with Crippen LogP contribution in [0.15, 0.2) is 22.8 Å². The fourth-order valence-electron chi connectivity index (χ4n) is 1.11. The van der Waals surface area contributed by atoms with Crippen molar-refractivity contribution in [1.82, 2.24) is 5.32 Å². The lowest BCUT2D eigenvalue weighted by atomic mass is 10.2. The number of furan rings is 1. The predicted octanol–water partition coefficient (Wildman–Crippen LogP) is 2.34. The van der Waals surface area contributed by atoms with Crippen LogP contribution in [0.3, 0.4) is 0 Å². The summed E-state index contributed by atoms with van der Waals surface area (Å²) in [6.07, 6.45) is 2.58. The summed E-state index contributed by atoms with van der Waals surface area (Å²) in [5.74, 6) is 6.84. The van der Waals surface area contributed by atoms with E-state index in [0.717, 1.165) is 18.7 Å². The van der Waals surface area contributed by atoms with Gasteiger partial charge in [-0.1, -0.05) is 0 Å². The molecular formula is C11H15NO. The molecular weight excluding hydrogens is 162 g/mol. The average molecular weight is 177 g/mol. The highest BCUT2D eigenvalue weighted by atomic mass is 16.3. The minimum absolute atomic E-state index is 0.272. The molecule has 0 saturated carbocycles. The molecule has 1 N–H and O–H groups in total. The summed E-state index contributed by atoms with van der Waals surface area (Å²) in [6, 6.07) is 4.15. The zero-order valence-corrected chi connectivity index (χ0v) is 8.13. The SMILES string of the molecule is CC#CCCN[C@@H](C)c1ccco1. The Kier molecular flexibility index (Phi) is 4.14. The Morgan fingerprint density at radius 1 is 1.62 bits per heavy atom. The van der Waals surface area contributed by atoms with Crippen LogP contribution in [0.25, 0.3) is 0 Å². The molecule has 0 aliphatic rings. The van der Waals surface area contributed by atoms with Gasteiger partial charge in [0.1, 0.15) is 5.76 Å². The molecule has 0 unspecified atom stereocenters. The lowest BCUT2D eigenvalue weighted by Crippen LogP contribution is -2.18. The van der Waals surface area contributed by atoms with Gasteiger partial charge in [0.15, 0.2) is 0 Å². The molecule has 1 rings (SSSR count). The molecule has 0 saturated heterocycles. The van der Waals surface area contributed by atoms with Gasteiger partial charge >= 0.3 is 0 Å². The maximum atomic E-state index is 5.25. The quantitative estimate of drug-likeness (QED) is 0.564. The Bertz CT molecular complexity index is 279. The van der Waals surface area contributed by atoms with Crippen LogP contribution < -0.4 is 5.32 Å². The third-order valence-corrected chi connectivity index (χ3v) is 1.85. The first-order valence-electron chi connectivity index (χ1n) is 4.51. The third-order valence-electron chi connectivity index (χ3n) is 1.85. The molecule has 1 aromatic rings. The van der Waals surface area contributed by atoms with E-state index in [2.05, 4.69) is 24.1 Å². The van der Waals surface area contributed by atoms with Crippen LogP contribution in [0.5, 0.6) is 0 Å². The topological polar surface area (TPSA) is 25.2 Å². The van der Waals surface area contributed by atoms with Crippen LogP contribution in [-0.2, 0) is 0 Å². The van der Waals surface area contributed by atoms with Crippen molar-refractivity contribution in [3.8, 4) is 11.8 Å². The van der Waals surface area contributed by atoms with Crippen molar-refractivity contribution < 1.29 is 4.42 Å². The summed E-state index contributed by atoms with van der Waals surface area (Å²) in [7, 11) is 0. The minimum Gasteiger partial charge on any atom is -0.468 e. The van der Waals surface area contributed by atoms with Crippen molar-refractivity contribution >= 4 is 0 Å². The Hall–Kier alpha value is -1.20. The molecule has 1 heterocycles. The molecule has 0 radical (unpaired) electrons. The summed E-state index contributed by atoms with van der Waals surface area (Å²) in [6.45, 7) is 4.84. The molecule has 0 aromatic carbocycles. The van der Waals surface area contributed by atoms with Crippen molar-refractivity contribution in [3.05, 3.63) is 24.2 Å². The van der Waals surface area contributed by atoms with Gasteiger partial charge in [-0.3, -0.25) is 0 Å². The van der Waals surface area contributed by atoms with E-state index in [1.54, 1.807) is 6.26 Å². The maximum Gasteiger partial charge on any atom is 0.120 e. The second-order valence-electron chi connectivity index (χ2n) is 2.87. The fourth-order valence-corrected chi connectivity index (χ4v) is 1.11. The van der Waals surface area contributed by atoms with Gasteiger partial charge in [0.2, 0.25) is 0 Å². The predicted molar refractivity (Wildman–Crippen MR) is 53.2 cm³/mol. The Morgan fingerprint density at radius 3 is 3.08 bits per heavy atom. The highest BCUT2D eigenvalue weighted by molar-refractivity contribution is 5.03. The molecule has 0 aliphatic heterocycles. The average Bonchev–Trinajstić information content (AvgIpc) is 2.65. The number of nitrogens with one attached hydrogen (secondary N) is 1.